The molecular formula is C12H14Cl2N2O. The minimum atomic E-state index is -0.333. The summed E-state index contributed by atoms with van der Waals surface area (Å²) in [7, 11) is 0. The Bertz CT molecular complexity index is 410. The number of carbonyl (C=O) groups is 1. The highest BCUT2D eigenvalue weighted by atomic mass is 35.5. The molecule has 0 heterocycles. The van der Waals surface area contributed by atoms with Gasteiger partial charge < -0.3 is 10.6 Å². The number of carbonyl (C=O) groups excluding carboxylic acids is 1. The highest BCUT2D eigenvalue weighted by molar-refractivity contribution is 6.35. The van der Waals surface area contributed by atoms with Crippen molar-refractivity contribution in [3.05, 3.63) is 40.5 Å². The SMILES string of the molecule is CC(C)/C=C/NC(=O)Nc1cc(Cl)cc(Cl)c1. The van der Waals surface area contributed by atoms with E-state index in [1.54, 1.807) is 24.4 Å². The van der Waals surface area contributed by atoms with E-state index in [0.717, 1.165) is 0 Å². The van der Waals surface area contributed by atoms with Crippen LogP contribution in [0.4, 0.5) is 10.5 Å². The lowest BCUT2D eigenvalue weighted by molar-refractivity contribution is 0.255. The summed E-state index contributed by atoms with van der Waals surface area (Å²) >= 11 is 11.6. The predicted octanol–water partition coefficient (Wildman–Crippen LogP) is 4.28. The van der Waals surface area contributed by atoms with E-state index in [4.69, 9.17) is 23.2 Å². The Kier molecular flexibility index (Phi) is 5.32. The van der Waals surface area contributed by atoms with E-state index in [0.29, 0.717) is 21.7 Å². The third-order valence-electron chi connectivity index (χ3n) is 1.82. The zero-order valence-electron chi connectivity index (χ0n) is 9.63. The largest absolute Gasteiger partial charge is 0.323 e. The van der Waals surface area contributed by atoms with Crippen molar-refractivity contribution in [3.63, 3.8) is 0 Å². The van der Waals surface area contributed by atoms with Crippen molar-refractivity contribution in [2.24, 2.45) is 5.92 Å². The molecule has 0 unspecified atom stereocenters. The monoisotopic (exact) mass is 272 g/mol. The first-order valence-electron chi connectivity index (χ1n) is 5.17. The molecule has 0 aliphatic carbocycles. The predicted molar refractivity (Wildman–Crippen MR) is 72.6 cm³/mol. The van der Waals surface area contributed by atoms with Crippen LogP contribution in [0, 0.1) is 5.92 Å². The summed E-state index contributed by atoms with van der Waals surface area (Å²) in [6.45, 7) is 4.04. The van der Waals surface area contributed by atoms with Crippen LogP contribution in [0.5, 0.6) is 0 Å². The van der Waals surface area contributed by atoms with Crippen molar-refractivity contribution in [1.29, 1.82) is 0 Å². The van der Waals surface area contributed by atoms with Gasteiger partial charge in [-0.2, -0.15) is 0 Å². The molecule has 1 rings (SSSR count). The molecule has 1 aromatic rings. The molecule has 0 saturated carbocycles. The lowest BCUT2D eigenvalue weighted by Crippen LogP contribution is -2.23. The second-order valence-corrected chi connectivity index (χ2v) is 4.73. The van der Waals surface area contributed by atoms with Gasteiger partial charge in [0.05, 0.1) is 0 Å². The fourth-order valence-electron chi connectivity index (χ4n) is 1.11. The first-order valence-corrected chi connectivity index (χ1v) is 5.93. The van der Waals surface area contributed by atoms with Gasteiger partial charge in [0.2, 0.25) is 0 Å². The molecule has 2 amide bonds. The zero-order chi connectivity index (χ0) is 12.8. The summed E-state index contributed by atoms with van der Waals surface area (Å²) in [4.78, 5) is 11.5. The van der Waals surface area contributed by atoms with Gasteiger partial charge in [-0.05, 0) is 24.1 Å². The number of allylic oxidation sites excluding steroid dienone is 1. The van der Waals surface area contributed by atoms with Gasteiger partial charge >= 0.3 is 6.03 Å². The van der Waals surface area contributed by atoms with E-state index in [9.17, 15) is 4.79 Å². The van der Waals surface area contributed by atoms with E-state index < -0.39 is 0 Å². The summed E-state index contributed by atoms with van der Waals surface area (Å²) in [5, 5.41) is 6.17. The van der Waals surface area contributed by atoms with Crippen LogP contribution in [0.1, 0.15) is 13.8 Å². The quantitative estimate of drug-likeness (QED) is 0.847. The average Bonchev–Trinajstić information content (AvgIpc) is 2.14. The maximum Gasteiger partial charge on any atom is 0.323 e. The number of halogens is 2. The van der Waals surface area contributed by atoms with Crippen LogP contribution in [0.15, 0.2) is 30.5 Å². The normalized spacial score (nSPS) is 10.9. The van der Waals surface area contributed by atoms with E-state index >= 15 is 0 Å². The first-order chi connectivity index (χ1) is 7.97. The molecule has 0 atom stereocenters. The van der Waals surface area contributed by atoms with Crippen LogP contribution in [-0.2, 0) is 0 Å². The van der Waals surface area contributed by atoms with Crippen molar-refractivity contribution in [2.45, 2.75) is 13.8 Å². The minimum Gasteiger partial charge on any atom is -0.315 e. The smallest absolute Gasteiger partial charge is 0.315 e. The minimum absolute atomic E-state index is 0.333. The van der Waals surface area contributed by atoms with Crippen LogP contribution in [-0.4, -0.2) is 6.03 Å². The topological polar surface area (TPSA) is 41.1 Å². The number of urea groups is 1. The Morgan fingerprint density at radius 3 is 2.35 bits per heavy atom. The molecule has 0 saturated heterocycles. The molecule has 0 bridgehead atoms. The second kappa shape index (κ2) is 6.52. The summed E-state index contributed by atoms with van der Waals surface area (Å²) in [6.07, 6.45) is 3.48. The third kappa shape index (κ3) is 5.61. The number of nitrogens with one attached hydrogen (secondary N) is 2. The molecule has 0 aliphatic heterocycles. The molecule has 1 aromatic carbocycles. The van der Waals surface area contributed by atoms with Crippen molar-refractivity contribution in [1.82, 2.24) is 5.32 Å². The number of hydrogen-bond donors (Lipinski definition) is 2. The third-order valence-corrected chi connectivity index (χ3v) is 2.25. The second-order valence-electron chi connectivity index (χ2n) is 3.86. The summed E-state index contributed by atoms with van der Waals surface area (Å²) in [5.74, 6) is 0.385. The maximum absolute atomic E-state index is 11.5. The van der Waals surface area contributed by atoms with Crippen LogP contribution in [0.2, 0.25) is 10.0 Å². The molecule has 2 N–H and O–H groups in total. The number of hydrogen-bond acceptors (Lipinski definition) is 1. The summed E-state index contributed by atoms with van der Waals surface area (Å²) < 4.78 is 0. The highest BCUT2D eigenvalue weighted by Crippen LogP contribution is 2.22. The maximum atomic E-state index is 11.5. The lowest BCUT2D eigenvalue weighted by Gasteiger charge is -2.05. The molecule has 0 fully saturated rings. The first kappa shape index (κ1) is 13.9. The molecule has 5 heteroatoms. The summed E-state index contributed by atoms with van der Waals surface area (Å²) in [5.41, 5.74) is 0.554. The van der Waals surface area contributed by atoms with Crippen LogP contribution in [0.3, 0.4) is 0 Å². The molecule has 0 aliphatic rings. The van der Waals surface area contributed by atoms with E-state index in [1.165, 1.54) is 0 Å². The van der Waals surface area contributed by atoms with Gasteiger partial charge in [-0.3, -0.25) is 0 Å². The Morgan fingerprint density at radius 2 is 1.82 bits per heavy atom. The van der Waals surface area contributed by atoms with Crippen molar-refractivity contribution in [2.75, 3.05) is 5.32 Å². The Morgan fingerprint density at radius 1 is 1.24 bits per heavy atom. The Balaban J connectivity index is 2.56. The van der Waals surface area contributed by atoms with Crippen LogP contribution < -0.4 is 10.6 Å². The van der Waals surface area contributed by atoms with Gasteiger partial charge in [-0.1, -0.05) is 43.1 Å². The van der Waals surface area contributed by atoms with Gasteiger partial charge in [-0.25, -0.2) is 4.79 Å². The van der Waals surface area contributed by atoms with Crippen molar-refractivity contribution >= 4 is 34.9 Å². The number of rotatable bonds is 3. The lowest BCUT2D eigenvalue weighted by atomic mass is 10.2. The van der Waals surface area contributed by atoms with Gasteiger partial charge in [0.25, 0.3) is 0 Å². The van der Waals surface area contributed by atoms with Gasteiger partial charge in [0, 0.05) is 21.9 Å². The number of benzene rings is 1. The van der Waals surface area contributed by atoms with Crippen molar-refractivity contribution in [3.8, 4) is 0 Å². The molecule has 17 heavy (non-hydrogen) atoms. The number of amides is 2. The standard InChI is InChI=1S/C12H14Cl2N2O/c1-8(2)3-4-15-12(17)16-11-6-9(13)5-10(14)7-11/h3-8H,1-2H3,(H2,15,16,17)/b4-3+. The Hall–Kier alpha value is -1.19. The number of anilines is 1. The van der Waals surface area contributed by atoms with E-state index in [-0.39, 0.29) is 6.03 Å². The van der Waals surface area contributed by atoms with Gasteiger partial charge in [-0.15, -0.1) is 0 Å². The van der Waals surface area contributed by atoms with Crippen LogP contribution >= 0.6 is 23.2 Å². The van der Waals surface area contributed by atoms with Gasteiger partial charge in [0.1, 0.15) is 0 Å². The molecule has 0 spiro atoms. The zero-order valence-corrected chi connectivity index (χ0v) is 11.1. The van der Waals surface area contributed by atoms with Gasteiger partial charge in [0.15, 0.2) is 0 Å². The molecule has 3 nitrogen and oxygen atoms in total. The highest BCUT2D eigenvalue weighted by Gasteiger charge is 2.02. The van der Waals surface area contributed by atoms with E-state index in [2.05, 4.69) is 10.6 Å². The molecule has 0 radical (unpaired) electrons. The Labute approximate surface area is 111 Å². The molecular weight excluding hydrogens is 259 g/mol. The van der Waals surface area contributed by atoms with E-state index in [1.807, 2.05) is 19.9 Å². The summed E-state index contributed by atoms with van der Waals surface area (Å²) in [6, 6.07) is 4.52. The molecule has 0 aromatic heterocycles. The average molecular weight is 273 g/mol. The molecule has 92 valence electrons. The fraction of sp³-hybridized carbons (Fsp3) is 0.250. The fourth-order valence-corrected chi connectivity index (χ4v) is 1.64. The van der Waals surface area contributed by atoms with Crippen molar-refractivity contribution < 1.29 is 4.79 Å². The van der Waals surface area contributed by atoms with Crippen LogP contribution in [0.25, 0.3) is 0 Å².